The van der Waals surface area contributed by atoms with Crippen LogP contribution >= 0.6 is 0 Å². The van der Waals surface area contributed by atoms with E-state index in [-0.39, 0.29) is 6.03 Å². The van der Waals surface area contributed by atoms with Crippen molar-refractivity contribution in [1.82, 2.24) is 5.32 Å². The monoisotopic (exact) mass is 204 g/mol. The zero-order valence-electron chi connectivity index (χ0n) is 8.99. The second kappa shape index (κ2) is 4.34. The second-order valence-electron chi connectivity index (χ2n) is 3.72. The van der Waals surface area contributed by atoms with Crippen LogP contribution in [0.25, 0.3) is 0 Å². The fraction of sp³-hybridized carbons (Fsp3) is 0.417. The summed E-state index contributed by atoms with van der Waals surface area (Å²) < 4.78 is 0. The Morgan fingerprint density at radius 1 is 1.40 bits per heavy atom. The summed E-state index contributed by atoms with van der Waals surface area (Å²) in [5, 5.41) is 2.87. The number of anilines is 1. The lowest BCUT2D eigenvalue weighted by molar-refractivity contribution is 0.243. The lowest BCUT2D eigenvalue weighted by atomic mass is 10.1. The predicted octanol–water partition coefficient (Wildman–Crippen LogP) is 2.17. The van der Waals surface area contributed by atoms with Gasteiger partial charge in [0.1, 0.15) is 0 Å². The molecule has 1 aliphatic heterocycles. The van der Waals surface area contributed by atoms with E-state index in [1.807, 2.05) is 23.1 Å². The zero-order valence-corrected chi connectivity index (χ0v) is 8.99. The number of aryl methyl sites for hydroxylation is 1. The summed E-state index contributed by atoms with van der Waals surface area (Å²) in [7, 11) is 0. The van der Waals surface area contributed by atoms with Crippen molar-refractivity contribution in [3.8, 4) is 0 Å². The number of benzene rings is 1. The molecule has 1 aromatic carbocycles. The smallest absolute Gasteiger partial charge is 0.321 e. The fourth-order valence-corrected chi connectivity index (χ4v) is 1.93. The molecule has 2 amide bonds. The van der Waals surface area contributed by atoms with Gasteiger partial charge in [-0.15, -0.1) is 0 Å². The van der Waals surface area contributed by atoms with Crippen molar-refractivity contribution in [2.45, 2.75) is 19.8 Å². The molecule has 2 rings (SSSR count). The largest absolute Gasteiger partial charge is 0.338 e. The minimum Gasteiger partial charge on any atom is -0.338 e. The van der Waals surface area contributed by atoms with Crippen molar-refractivity contribution in [3.05, 3.63) is 29.8 Å². The molecule has 1 aliphatic rings. The van der Waals surface area contributed by atoms with Gasteiger partial charge in [-0.2, -0.15) is 0 Å². The number of carbonyl (C=O) groups excluding carboxylic acids is 1. The molecule has 1 heterocycles. The van der Waals surface area contributed by atoms with Gasteiger partial charge in [0.15, 0.2) is 0 Å². The van der Waals surface area contributed by atoms with Crippen molar-refractivity contribution in [2.24, 2.45) is 0 Å². The van der Waals surface area contributed by atoms with Crippen LogP contribution in [-0.2, 0) is 6.42 Å². The molecular formula is C12H16N2O. The van der Waals surface area contributed by atoms with E-state index < -0.39 is 0 Å². The highest BCUT2D eigenvalue weighted by Gasteiger charge is 2.20. The van der Waals surface area contributed by atoms with Gasteiger partial charge >= 0.3 is 6.03 Å². The Bertz CT molecular complexity index is 362. The highest BCUT2D eigenvalue weighted by molar-refractivity contribution is 5.93. The summed E-state index contributed by atoms with van der Waals surface area (Å²) >= 11 is 0. The van der Waals surface area contributed by atoms with Gasteiger partial charge in [-0.1, -0.05) is 25.1 Å². The van der Waals surface area contributed by atoms with Crippen LogP contribution in [0.2, 0.25) is 0 Å². The summed E-state index contributed by atoms with van der Waals surface area (Å²) in [5.74, 6) is 0. The molecule has 1 fully saturated rings. The Balaban J connectivity index is 2.30. The standard InChI is InChI=1S/C12H16N2O/c1-2-10-6-3-4-7-11(10)14-9-5-8-13-12(14)15/h3-4,6-7H,2,5,8-9H2,1H3,(H,13,15). The fourth-order valence-electron chi connectivity index (χ4n) is 1.93. The Kier molecular flexibility index (Phi) is 2.90. The van der Waals surface area contributed by atoms with E-state index in [0.29, 0.717) is 0 Å². The first-order valence-electron chi connectivity index (χ1n) is 5.46. The van der Waals surface area contributed by atoms with E-state index in [4.69, 9.17) is 0 Å². The first kappa shape index (κ1) is 10.0. The van der Waals surface area contributed by atoms with Gasteiger partial charge in [-0.05, 0) is 24.5 Å². The van der Waals surface area contributed by atoms with E-state index in [2.05, 4.69) is 18.3 Å². The van der Waals surface area contributed by atoms with Crippen LogP contribution in [0.5, 0.6) is 0 Å². The van der Waals surface area contributed by atoms with Gasteiger partial charge in [-0.3, -0.25) is 4.90 Å². The normalized spacial score (nSPS) is 16.3. The molecule has 3 nitrogen and oxygen atoms in total. The van der Waals surface area contributed by atoms with Crippen molar-refractivity contribution < 1.29 is 4.79 Å². The lowest BCUT2D eigenvalue weighted by Gasteiger charge is -2.29. The third kappa shape index (κ3) is 1.96. The molecule has 1 N–H and O–H groups in total. The number of nitrogens with one attached hydrogen (secondary N) is 1. The SMILES string of the molecule is CCc1ccccc1N1CCCNC1=O. The minimum absolute atomic E-state index is 0.0298. The number of amides is 2. The second-order valence-corrected chi connectivity index (χ2v) is 3.72. The maximum atomic E-state index is 11.7. The van der Waals surface area contributed by atoms with Gasteiger partial charge in [-0.25, -0.2) is 4.79 Å². The van der Waals surface area contributed by atoms with Crippen LogP contribution in [0.1, 0.15) is 18.9 Å². The molecule has 0 aliphatic carbocycles. The first-order chi connectivity index (χ1) is 7.33. The molecule has 0 atom stereocenters. The lowest BCUT2D eigenvalue weighted by Crippen LogP contribution is -2.46. The van der Waals surface area contributed by atoms with Gasteiger partial charge < -0.3 is 5.32 Å². The van der Waals surface area contributed by atoms with Gasteiger partial charge in [0.05, 0.1) is 0 Å². The van der Waals surface area contributed by atoms with E-state index in [0.717, 1.165) is 31.6 Å². The molecule has 0 unspecified atom stereocenters. The molecular weight excluding hydrogens is 188 g/mol. The average molecular weight is 204 g/mol. The van der Waals surface area contributed by atoms with Gasteiger partial charge in [0.2, 0.25) is 0 Å². The topological polar surface area (TPSA) is 32.3 Å². The number of hydrogen-bond acceptors (Lipinski definition) is 1. The van der Waals surface area contributed by atoms with Crippen LogP contribution < -0.4 is 10.2 Å². The molecule has 0 aromatic heterocycles. The Morgan fingerprint density at radius 3 is 2.93 bits per heavy atom. The number of para-hydroxylation sites is 1. The van der Waals surface area contributed by atoms with Gasteiger partial charge in [0, 0.05) is 18.8 Å². The van der Waals surface area contributed by atoms with Crippen molar-refractivity contribution in [2.75, 3.05) is 18.0 Å². The third-order valence-corrected chi connectivity index (χ3v) is 2.74. The van der Waals surface area contributed by atoms with E-state index >= 15 is 0 Å². The molecule has 1 saturated heterocycles. The maximum Gasteiger partial charge on any atom is 0.321 e. The summed E-state index contributed by atoms with van der Waals surface area (Å²) in [4.78, 5) is 13.5. The Hall–Kier alpha value is -1.51. The molecule has 15 heavy (non-hydrogen) atoms. The summed E-state index contributed by atoms with van der Waals surface area (Å²) in [6.45, 7) is 3.73. The molecule has 80 valence electrons. The van der Waals surface area contributed by atoms with Crippen LogP contribution in [0.15, 0.2) is 24.3 Å². The average Bonchev–Trinajstić information content (AvgIpc) is 2.30. The number of nitrogens with zero attached hydrogens (tertiary/aromatic N) is 1. The van der Waals surface area contributed by atoms with Crippen molar-refractivity contribution >= 4 is 11.7 Å². The van der Waals surface area contributed by atoms with Crippen molar-refractivity contribution in [1.29, 1.82) is 0 Å². The summed E-state index contributed by atoms with van der Waals surface area (Å²) in [5.41, 5.74) is 2.28. The third-order valence-electron chi connectivity index (χ3n) is 2.74. The first-order valence-corrected chi connectivity index (χ1v) is 5.46. The number of hydrogen-bond donors (Lipinski definition) is 1. The Labute approximate surface area is 90.1 Å². The highest BCUT2D eigenvalue weighted by atomic mass is 16.2. The van der Waals surface area contributed by atoms with E-state index in [1.54, 1.807) is 0 Å². The minimum atomic E-state index is 0.0298. The Morgan fingerprint density at radius 2 is 2.20 bits per heavy atom. The molecule has 1 aromatic rings. The number of carbonyl (C=O) groups is 1. The number of urea groups is 1. The molecule has 0 saturated carbocycles. The van der Waals surface area contributed by atoms with Gasteiger partial charge in [0.25, 0.3) is 0 Å². The maximum absolute atomic E-state index is 11.7. The van der Waals surface area contributed by atoms with Crippen LogP contribution in [-0.4, -0.2) is 19.1 Å². The van der Waals surface area contributed by atoms with Crippen LogP contribution in [0.3, 0.4) is 0 Å². The van der Waals surface area contributed by atoms with Crippen molar-refractivity contribution in [3.63, 3.8) is 0 Å². The summed E-state index contributed by atoms with van der Waals surface area (Å²) in [6, 6.07) is 8.13. The predicted molar refractivity (Wildman–Crippen MR) is 61.2 cm³/mol. The molecule has 0 spiro atoms. The number of rotatable bonds is 2. The van der Waals surface area contributed by atoms with E-state index in [9.17, 15) is 4.79 Å². The summed E-state index contributed by atoms with van der Waals surface area (Å²) in [6.07, 6.45) is 1.98. The zero-order chi connectivity index (χ0) is 10.7. The highest BCUT2D eigenvalue weighted by Crippen LogP contribution is 2.22. The van der Waals surface area contributed by atoms with Crippen LogP contribution in [0.4, 0.5) is 10.5 Å². The molecule has 3 heteroatoms. The molecule has 0 radical (unpaired) electrons. The van der Waals surface area contributed by atoms with Crippen LogP contribution in [0, 0.1) is 0 Å². The van der Waals surface area contributed by atoms with E-state index in [1.165, 1.54) is 5.56 Å². The molecule has 0 bridgehead atoms. The quantitative estimate of drug-likeness (QED) is 0.786.